The molecule has 0 aromatic carbocycles. The molecule has 0 N–H and O–H groups in total. The van der Waals surface area contributed by atoms with Crippen LogP contribution in [0.25, 0.3) is 0 Å². The predicted molar refractivity (Wildman–Crippen MR) is 60.6 cm³/mol. The Balaban J connectivity index is 2.91. The zero-order valence-corrected chi connectivity index (χ0v) is 8.97. The third kappa shape index (κ3) is 11.5. The summed E-state index contributed by atoms with van der Waals surface area (Å²) in [7, 11) is 0. The molecule has 0 aromatic heterocycles. The van der Waals surface area contributed by atoms with Crippen LogP contribution >= 0.6 is 0 Å². The van der Waals surface area contributed by atoms with Gasteiger partial charge in [0.05, 0.1) is 0 Å². The first-order valence-corrected chi connectivity index (χ1v) is 5.62. The molecule has 0 aromatic rings. The van der Waals surface area contributed by atoms with Crippen LogP contribution in [0.15, 0.2) is 18.2 Å². The maximum Gasteiger partial charge on any atom is -0.0348 e. The molecule has 0 aliphatic carbocycles. The third-order valence-corrected chi connectivity index (χ3v) is 2.22. The average molecular weight is 179 g/mol. The fraction of sp³-hybridized carbons (Fsp3) is 0.692. The van der Waals surface area contributed by atoms with Crippen molar-refractivity contribution >= 4 is 0 Å². The molecule has 0 fully saturated rings. The molecule has 0 heterocycles. The van der Waals surface area contributed by atoms with Gasteiger partial charge in [-0.2, -0.15) is 0 Å². The lowest BCUT2D eigenvalue weighted by atomic mass is 10.1. The van der Waals surface area contributed by atoms with Crippen molar-refractivity contribution in [2.24, 2.45) is 0 Å². The van der Waals surface area contributed by atoms with E-state index in [1.165, 1.54) is 51.4 Å². The molecule has 0 amide bonds. The molecule has 0 spiro atoms. The van der Waals surface area contributed by atoms with Crippen LogP contribution in [0.3, 0.4) is 0 Å². The van der Waals surface area contributed by atoms with Gasteiger partial charge in [0.1, 0.15) is 0 Å². The maximum absolute atomic E-state index is 5.21. The summed E-state index contributed by atoms with van der Waals surface area (Å²) in [6.07, 6.45) is 16.5. The van der Waals surface area contributed by atoms with E-state index in [0.29, 0.717) is 0 Å². The normalized spacial score (nSPS) is 10.8. The van der Waals surface area contributed by atoms with Crippen LogP contribution in [0.2, 0.25) is 0 Å². The number of allylic oxidation sites excluding steroid dienone is 3. The van der Waals surface area contributed by atoms with E-state index < -0.39 is 0 Å². The first kappa shape index (κ1) is 12.5. The summed E-state index contributed by atoms with van der Waals surface area (Å²) in [4.78, 5) is 0. The molecule has 0 saturated carbocycles. The lowest BCUT2D eigenvalue weighted by Gasteiger charge is -1.98. The van der Waals surface area contributed by atoms with Gasteiger partial charge in [0.2, 0.25) is 0 Å². The summed E-state index contributed by atoms with van der Waals surface area (Å²) in [5.41, 5.74) is 0. The van der Waals surface area contributed by atoms with E-state index in [0.717, 1.165) is 0 Å². The molecule has 75 valence electrons. The van der Waals surface area contributed by atoms with Crippen LogP contribution in [-0.4, -0.2) is 0 Å². The van der Waals surface area contributed by atoms with Crippen LogP contribution in [0.5, 0.6) is 0 Å². The van der Waals surface area contributed by atoms with E-state index in [2.05, 4.69) is 13.0 Å². The highest BCUT2D eigenvalue weighted by molar-refractivity contribution is 4.95. The molecule has 0 rings (SSSR count). The van der Waals surface area contributed by atoms with Crippen molar-refractivity contribution in [1.29, 1.82) is 0 Å². The minimum absolute atomic E-state index is 1.18. The van der Waals surface area contributed by atoms with E-state index in [1.54, 1.807) is 6.08 Å². The fourth-order valence-corrected chi connectivity index (χ4v) is 1.39. The van der Waals surface area contributed by atoms with Crippen molar-refractivity contribution < 1.29 is 0 Å². The van der Waals surface area contributed by atoms with Crippen molar-refractivity contribution in [3.05, 3.63) is 24.8 Å². The van der Waals surface area contributed by atoms with Gasteiger partial charge in [-0.25, -0.2) is 0 Å². The molecule has 1 radical (unpaired) electrons. The van der Waals surface area contributed by atoms with E-state index in [9.17, 15) is 0 Å². The molecular formula is C13H23. The topological polar surface area (TPSA) is 0 Å². The lowest BCUT2D eigenvalue weighted by Crippen LogP contribution is -1.78. The number of hydrogen-bond donors (Lipinski definition) is 0. The molecule has 0 saturated heterocycles. The van der Waals surface area contributed by atoms with Gasteiger partial charge >= 0.3 is 0 Å². The van der Waals surface area contributed by atoms with E-state index >= 15 is 0 Å². The summed E-state index contributed by atoms with van der Waals surface area (Å²) >= 11 is 0. The second-order valence-electron chi connectivity index (χ2n) is 3.53. The van der Waals surface area contributed by atoms with E-state index in [-0.39, 0.29) is 0 Å². The standard InChI is InChI=1S/C13H23/c1-3-5-7-9-11-13-12-10-8-6-4-2/h1,3,5,7H,4,6,8-13H2,2H3. The molecule has 0 nitrogen and oxygen atoms in total. The van der Waals surface area contributed by atoms with E-state index in [4.69, 9.17) is 6.58 Å². The Morgan fingerprint density at radius 1 is 0.923 bits per heavy atom. The van der Waals surface area contributed by atoms with Gasteiger partial charge in [0.25, 0.3) is 0 Å². The van der Waals surface area contributed by atoms with Gasteiger partial charge in [0.15, 0.2) is 0 Å². The maximum atomic E-state index is 5.21. The van der Waals surface area contributed by atoms with Crippen molar-refractivity contribution in [2.75, 3.05) is 0 Å². The minimum atomic E-state index is 1.18. The van der Waals surface area contributed by atoms with Gasteiger partial charge in [-0.1, -0.05) is 70.3 Å². The molecule has 0 bridgehead atoms. The summed E-state index contributed by atoms with van der Waals surface area (Å²) in [5.74, 6) is 0. The summed E-state index contributed by atoms with van der Waals surface area (Å²) in [5, 5.41) is 0. The van der Waals surface area contributed by atoms with Crippen LogP contribution in [0.4, 0.5) is 0 Å². The number of rotatable bonds is 9. The smallest absolute Gasteiger partial charge is 0.0348 e. The Kier molecular flexibility index (Phi) is 11.0. The average Bonchev–Trinajstić information content (AvgIpc) is 2.16. The quantitative estimate of drug-likeness (QED) is 0.356. The van der Waals surface area contributed by atoms with Gasteiger partial charge in [-0.05, 0) is 12.8 Å². The first-order chi connectivity index (χ1) is 6.41. The third-order valence-electron chi connectivity index (χ3n) is 2.22. The lowest BCUT2D eigenvalue weighted by molar-refractivity contribution is 0.592. The predicted octanol–water partition coefficient (Wildman–Crippen LogP) is 4.67. The van der Waals surface area contributed by atoms with Crippen LogP contribution in [0.1, 0.15) is 58.3 Å². The molecule has 0 unspecified atom stereocenters. The Bertz CT molecular complexity index is 122. The van der Waals surface area contributed by atoms with Gasteiger partial charge in [-0.3, -0.25) is 0 Å². The molecule has 0 heteroatoms. The van der Waals surface area contributed by atoms with Gasteiger partial charge in [-0.15, -0.1) is 0 Å². The Morgan fingerprint density at radius 2 is 1.54 bits per heavy atom. The summed E-state index contributed by atoms with van der Waals surface area (Å²) in [6.45, 7) is 7.47. The van der Waals surface area contributed by atoms with Gasteiger partial charge < -0.3 is 0 Å². The fourth-order valence-electron chi connectivity index (χ4n) is 1.39. The SMILES string of the molecule is [CH]=CC=CCCCCCCCCC. The second-order valence-corrected chi connectivity index (χ2v) is 3.53. The summed E-state index contributed by atoms with van der Waals surface area (Å²) in [6, 6.07) is 0. The second kappa shape index (κ2) is 11.5. The minimum Gasteiger partial charge on any atom is -0.0845 e. The Morgan fingerprint density at radius 3 is 2.15 bits per heavy atom. The van der Waals surface area contributed by atoms with Crippen molar-refractivity contribution in [1.82, 2.24) is 0 Å². The molecule has 0 aliphatic heterocycles. The van der Waals surface area contributed by atoms with Gasteiger partial charge in [0, 0.05) is 0 Å². The number of hydrogen-bond acceptors (Lipinski definition) is 0. The molecule has 0 aliphatic rings. The summed E-state index contributed by atoms with van der Waals surface area (Å²) < 4.78 is 0. The van der Waals surface area contributed by atoms with Crippen LogP contribution in [-0.2, 0) is 0 Å². The Hall–Kier alpha value is -0.520. The first-order valence-electron chi connectivity index (χ1n) is 5.62. The Labute approximate surface area is 83.7 Å². The number of unbranched alkanes of at least 4 members (excludes halogenated alkanes) is 7. The monoisotopic (exact) mass is 179 g/mol. The van der Waals surface area contributed by atoms with Crippen LogP contribution < -0.4 is 0 Å². The van der Waals surface area contributed by atoms with Crippen molar-refractivity contribution in [3.63, 3.8) is 0 Å². The molecular weight excluding hydrogens is 156 g/mol. The van der Waals surface area contributed by atoms with Crippen molar-refractivity contribution in [3.8, 4) is 0 Å². The molecule has 0 atom stereocenters. The van der Waals surface area contributed by atoms with Crippen molar-refractivity contribution in [2.45, 2.75) is 58.3 Å². The van der Waals surface area contributed by atoms with Crippen LogP contribution in [0, 0.1) is 6.58 Å². The highest BCUT2D eigenvalue weighted by Gasteiger charge is 1.88. The van der Waals surface area contributed by atoms with E-state index in [1.807, 2.05) is 6.08 Å². The largest absolute Gasteiger partial charge is 0.0845 e. The highest BCUT2D eigenvalue weighted by Crippen LogP contribution is 2.08. The zero-order valence-electron chi connectivity index (χ0n) is 8.97. The highest BCUT2D eigenvalue weighted by atomic mass is 13.9. The molecule has 13 heavy (non-hydrogen) atoms. The zero-order chi connectivity index (χ0) is 9.78.